The average molecular weight is 248 g/mol. The van der Waals surface area contributed by atoms with E-state index in [4.69, 9.17) is 14.7 Å². The Morgan fingerprint density at radius 2 is 2.06 bits per heavy atom. The van der Waals surface area contributed by atoms with E-state index in [0.717, 1.165) is 0 Å². The summed E-state index contributed by atoms with van der Waals surface area (Å²) in [6.45, 7) is 5.29. The molecule has 96 valence electrons. The fraction of sp³-hybridized carbons (Fsp3) is 0.385. The lowest BCUT2D eigenvalue weighted by Gasteiger charge is -2.20. The second-order valence-corrected chi connectivity index (χ2v) is 4.62. The number of nitrogens with zero attached hydrogens (tertiary/aromatic N) is 1. The van der Waals surface area contributed by atoms with E-state index in [-0.39, 0.29) is 0 Å². The molecule has 0 bridgehead atoms. The van der Waals surface area contributed by atoms with Crippen LogP contribution in [-0.4, -0.2) is 18.8 Å². The molecule has 5 nitrogen and oxygen atoms in total. The predicted octanol–water partition coefficient (Wildman–Crippen LogP) is 2.91. The molecule has 0 aromatic heterocycles. The number of para-hydroxylation sites is 1. The van der Waals surface area contributed by atoms with Crippen LogP contribution in [0.4, 0.5) is 10.5 Å². The maximum atomic E-state index is 11.7. The summed E-state index contributed by atoms with van der Waals surface area (Å²) in [5.41, 5.74) is 0.0378. The molecule has 0 heterocycles. The number of amides is 1. The molecule has 0 aliphatic rings. The summed E-state index contributed by atoms with van der Waals surface area (Å²) < 4.78 is 10.2. The lowest BCUT2D eigenvalue weighted by molar-refractivity contribution is 0.0635. The standard InChI is InChI=1S/C13H16N2O3/c1-13(2,3)18-12(16)15-11-9(8-14)6-5-7-10(11)17-4/h5-7H,1-4H3,(H,15,16). The van der Waals surface area contributed by atoms with Crippen molar-refractivity contribution in [2.75, 3.05) is 12.4 Å². The van der Waals surface area contributed by atoms with Crippen LogP contribution in [0.2, 0.25) is 0 Å². The number of nitrogens with one attached hydrogen (secondary N) is 1. The normalized spacial score (nSPS) is 10.4. The van der Waals surface area contributed by atoms with Gasteiger partial charge in [0, 0.05) is 0 Å². The molecule has 1 N–H and O–H groups in total. The number of hydrogen-bond donors (Lipinski definition) is 1. The summed E-state index contributed by atoms with van der Waals surface area (Å²) in [4.78, 5) is 11.7. The van der Waals surface area contributed by atoms with Gasteiger partial charge in [0.05, 0.1) is 12.7 Å². The van der Waals surface area contributed by atoms with Gasteiger partial charge < -0.3 is 9.47 Å². The van der Waals surface area contributed by atoms with Crippen LogP contribution in [0.3, 0.4) is 0 Å². The molecular formula is C13H16N2O3. The van der Waals surface area contributed by atoms with Crippen LogP contribution in [0.5, 0.6) is 5.75 Å². The second kappa shape index (κ2) is 5.41. The summed E-state index contributed by atoms with van der Waals surface area (Å²) in [5.74, 6) is 0.417. The van der Waals surface area contributed by atoms with E-state index in [2.05, 4.69) is 5.32 Å². The monoisotopic (exact) mass is 248 g/mol. The molecule has 0 spiro atoms. The number of carbonyl (C=O) groups is 1. The summed E-state index contributed by atoms with van der Waals surface area (Å²) in [6, 6.07) is 6.92. The van der Waals surface area contributed by atoms with Gasteiger partial charge in [-0.15, -0.1) is 0 Å². The first-order chi connectivity index (χ1) is 8.37. The van der Waals surface area contributed by atoms with Gasteiger partial charge in [0.25, 0.3) is 0 Å². The summed E-state index contributed by atoms with van der Waals surface area (Å²) >= 11 is 0. The highest BCUT2D eigenvalue weighted by Gasteiger charge is 2.19. The molecule has 0 unspecified atom stereocenters. The Morgan fingerprint density at radius 1 is 1.39 bits per heavy atom. The minimum atomic E-state index is -0.622. The highest BCUT2D eigenvalue weighted by Crippen LogP contribution is 2.28. The maximum Gasteiger partial charge on any atom is 0.412 e. The molecule has 1 aromatic rings. The van der Waals surface area contributed by atoms with E-state index in [9.17, 15) is 4.79 Å². The van der Waals surface area contributed by atoms with E-state index in [1.165, 1.54) is 7.11 Å². The van der Waals surface area contributed by atoms with Gasteiger partial charge >= 0.3 is 6.09 Å². The quantitative estimate of drug-likeness (QED) is 0.873. The maximum absolute atomic E-state index is 11.7. The first-order valence-corrected chi connectivity index (χ1v) is 5.44. The fourth-order valence-corrected chi connectivity index (χ4v) is 1.33. The number of carbonyl (C=O) groups excluding carboxylic acids is 1. The Kier molecular flexibility index (Phi) is 4.16. The van der Waals surface area contributed by atoms with Gasteiger partial charge in [0.15, 0.2) is 0 Å². The highest BCUT2D eigenvalue weighted by molar-refractivity contribution is 5.89. The van der Waals surface area contributed by atoms with E-state index in [1.807, 2.05) is 6.07 Å². The van der Waals surface area contributed by atoms with E-state index < -0.39 is 11.7 Å². The molecule has 0 atom stereocenters. The van der Waals surface area contributed by atoms with Crippen molar-refractivity contribution < 1.29 is 14.3 Å². The zero-order chi connectivity index (χ0) is 13.8. The van der Waals surface area contributed by atoms with Crippen molar-refractivity contribution in [3.63, 3.8) is 0 Å². The van der Waals surface area contributed by atoms with Gasteiger partial charge in [0.2, 0.25) is 0 Å². The summed E-state index contributed by atoms with van der Waals surface area (Å²) in [6.07, 6.45) is -0.622. The average Bonchev–Trinajstić information content (AvgIpc) is 2.26. The van der Waals surface area contributed by atoms with Crippen molar-refractivity contribution in [3.05, 3.63) is 23.8 Å². The van der Waals surface area contributed by atoms with Crippen LogP contribution in [0.1, 0.15) is 26.3 Å². The molecule has 0 saturated heterocycles. The molecule has 5 heteroatoms. The van der Waals surface area contributed by atoms with E-state index >= 15 is 0 Å². The van der Waals surface area contributed by atoms with Gasteiger partial charge in [-0.05, 0) is 32.9 Å². The molecule has 1 amide bonds. The molecule has 0 aliphatic carbocycles. The fourth-order valence-electron chi connectivity index (χ4n) is 1.33. The number of anilines is 1. The van der Waals surface area contributed by atoms with Crippen molar-refractivity contribution in [3.8, 4) is 11.8 Å². The lowest BCUT2D eigenvalue weighted by Crippen LogP contribution is -2.27. The van der Waals surface area contributed by atoms with Crippen LogP contribution in [0.15, 0.2) is 18.2 Å². The number of methoxy groups -OCH3 is 1. The Hall–Kier alpha value is -2.22. The number of hydrogen-bond acceptors (Lipinski definition) is 4. The molecule has 0 fully saturated rings. The Morgan fingerprint density at radius 3 is 2.56 bits per heavy atom. The van der Waals surface area contributed by atoms with Gasteiger partial charge in [-0.3, -0.25) is 5.32 Å². The highest BCUT2D eigenvalue weighted by atomic mass is 16.6. The van der Waals surface area contributed by atoms with E-state index in [1.54, 1.807) is 39.0 Å². The van der Waals surface area contributed by atoms with Crippen LogP contribution < -0.4 is 10.1 Å². The molecule has 0 aliphatic heterocycles. The number of nitriles is 1. The summed E-state index contributed by atoms with van der Waals surface area (Å²) in [7, 11) is 1.47. The Balaban J connectivity index is 2.97. The van der Waals surface area contributed by atoms with Gasteiger partial charge in [0.1, 0.15) is 23.1 Å². The SMILES string of the molecule is COc1cccc(C#N)c1NC(=O)OC(C)(C)C. The van der Waals surface area contributed by atoms with Crippen LogP contribution in [0, 0.1) is 11.3 Å². The molecular weight excluding hydrogens is 232 g/mol. The number of ether oxygens (including phenoxy) is 2. The first kappa shape index (κ1) is 13.8. The molecule has 1 rings (SSSR count). The molecule has 1 aromatic carbocycles. The zero-order valence-corrected chi connectivity index (χ0v) is 10.9. The van der Waals surface area contributed by atoms with Gasteiger partial charge in [-0.25, -0.2) is 4.79 Å². The van der Waals surface area contributed by atoms with Gasteiger partial charge in [-0.2, -0.15) is 5.26 Å². The topological polar surface area (TPSA) is 71.3 Å². The largest absolute Gasteiger partial charge is 0.495 e. The third-order valence-electron chi connectivity index (χ3n) is 1.99. The minimum Gasteiger partial charge on any atom is -0.495 e. The van der Waals surface area contributed by atoms with Crippen LogP contribution in [0.25, 0.3) is 0 Å². The smallest absolute Gasteiger partial charge is 0.412 e. The number of benzene rings is 1. The third kappa shape index (κ3) is 3.67. The number of rotatable bonds is 2. The Labute approximate surface area is 106 Å². The van der Waals surface area contributed by atoms with Crippen molar-refractivity contribution in [2.45, 2.75) is 26.4 Å². The minimum absolute atomic E-state index is 0.316. The summed E-state index contributed by atoms with van der Waals surface area (Å²) in [5, 5.41) is 11.5. The van der Waals surface area contributed by atoms with Crippen molar-refractivity contribution in [2.24, 2.45) is 0 Å². The lowest BCUT2D eigenvalue weighted by atomic mass is 10.2. The van der Waals surface area contributed by atoms with Gasteiger partial charge in [-0.1, -0.05) is 6.07 Å². The third-order valence-corrected chi connectivity index (χ3v) is 1.99. The van der Waals surface area contributed by atoms with Crippen molar-refractivity contribution in [1.82, 2.24) is 0 Å². The van der Waals surface area contributed by atoms with E-state index in [0.29, 0.717) is 17.0 Å². The zero-order valence-electron chi connectivity index (χ0n) is 10.9. The second-order valence-electron chi connectivity index (χ2n) is 4.62. The Bertz CT molecular complexity index is 484. The molecule has 18 heavy (non-hydrogen) atoms. The van der Waals surface area contributed by atoms with Crippen LogP contribution >= 0.6 is 0 Å². The molecule has 0 radical (unpaired) electrons. The predicted molar refractivity (Wildman–Crippen MR) is 67.6 cm³/mol. The van der Waals surface area contributed by atoms with Crippen LogP contribution in [-0.2, 0) is 4.74 Å². The van der Waals surface area contributed by atoms with Crippen molar-refractivity contribution in [1.29, 1.82) is 5.26 Å². The van der Waals surface area contributed by atoms with Crippen molar-refractivity contribution >= 4 is 11.8 Å². The molecule has 0 saturated carbocycles. The first-order valence-electron chi connectivity index (χ1n) is 5.44.